The highest BCUT2D eigenvalue weighted by Gasteiger charge is 2.09. The molecular formula is C10H12N4OS. The molecule has 5 nitrogen and oxygen atoms in total. The third kappa shape index (κ3) is 2.46. The first-order valence-corrected chi connectivity index (χ1v) is 5.81. The molecule has 0 aliphatic carbocycles. The molecule has 1 N–H and O–H groups in total. The maximum absolute atomic E-state index is 11.6. The predicted octanol–water partition coefficient (Wildman–Crippen LogP) is 1.33. The SMILES string of the molecule is C[C@@H](CNC(=O)c1cccs1)n1cncn1. The van der Waals surface area contributed by atoms with Gasteiger partial charge in [0.15, 0.2) is 0 Å². The van der Waals surface area contributed by atoms with Gasteiger partial charge >= 0.3 is 0 Å². The van der Waals surface area contributed by atoms with Crippen molar-refractivity contribution < 1.29 is 4.79 Å². The Hall–Kier alpha value is -1.69. The number of hydrogen-bond acceptors (Lipinski definition) is 4. The number of nitrogens with one attached hydrogen (secondary N) is 1. The molecule has 0 aromatic carbocycles. The lowest BCUT2D eigenvalue weighted by atomic mass is 10.3. The molecule has 0 saturated heterocycles. The Balaban J connectivity index is 1.86. The van der Waals surface area contributed by atoms with E-state index in [1.165, 1.54) is 17.7 Å². The molecule has 2 aromatic heterocycles. The molecule has 0 radical (unpaired) electrons. The summed E-state index contributed by atoms with van der Waals surface area (Å²) < 4.78 is 1.72. The second-order valence-electron chi connectivity index (χ2n) is 3.41. The molecule has 16 heavy (non-hydrogen) atoms. The lowest BCUT2D eigenvalue weighted by molar-refractivity contribution is 0.0952. The van der Waals surface area contributed by atoms with Crippen LogP contribution in [0.2, 0.25) is 0 Å². The fraction of sp³-hybridized carbons (Fsp3) is 0.300. The Morgan fingerprint density at radius 3 is 3.19 bits per heavy atom. The second kappa shape index (κ2) is 4.89. The molecule has 84 valence electrons. The van der Waals surface area contributed by atoms with Gasteiger partial charge in [0.05, 0.1) is 10.9 Å². The van der Waals surface area contributed by atoms with E-state index in [2.05, 4.69) is 15.4 Å². The number of hydrogen-bond donors (Lipinski definition) is 1. The summed E-state index contributed by atoms with van der Waals surface area (Å²) in [6, 6.07) is 3.77. The summed E-state index contributed by atoms with van der Waals surface area (Å²) in [5.41, 5.74) is 0. The minimum Gasteiger partial charge on any atom is -0.349 e. The molecule has 2 heterocycles. The fourth-order valence-corrected chi connectivity index (χ4v) is 1.91. The largest absolute Gasteiger partial charge is 0.349 e. The molecule has 0 aliphatic heterocycles. The number of amides is 1. The predicted molar refractivity (Wildman–Crippen MR) is 61.4 cm³/mol. The molecular weight excluding hydrogens is 224 g/mol. The van der Waals surface area contributed by atoms with Crippen LogP contribution in [0, 0.1) is 0 Å². The number of carbonyl (C=O) groups is 1. The first kappa shape index (κ1) is 10.8. The number of aromatic nitrogens is 3. The Labute approximate surface area is 97.1 Å². The van der Waals surface area contributed by atoms with Gasteiger partial charge in [-0.15, -0.1) is 11.3 Å². The van der Waals surface area contributed by atoms with Crippen molar-refractivity contribution in [2.45, 2.75) is 13.0 Å². The Bertz CT molecular complexity index is 437. The van der Waals surface area contributed by atoms with Crippen molar-refractivity contribution in [3.63, 3.8) is 0 Å². The second-order valence-corrected chi connectivity index (χ2v) is 4.36. The molecule has 0 saturated carbocycles. The van der Waals surface area contributed by atoms with Crippen LogP contribution in [0.4, 0.5) is 0 Å². The molecule has 0 spiro atoms. The normalized spacial score (nSPS) is 12.3. The number of thiophene rings is 1. The highest BCUT2D eigenvalue weighted by molar-refractivity contribution is 7.12. The summed E-state index contributed by atoms with van der Waals surface area (Å²) in [6.07, 6.45) is 3.12. The maximum Gasteiger partial charge on any atom is 0.261 e. The summed E-state index contributed by atoms with van der Waals surface area (Å²) in [7, 11) is 0. The fourth-order valence-electron chi connectivity index (χ4n) is 1.27. The maximum atomic E-state index is 11.6. The zero-order valence-electron chi connectivity index (χ0n) is 8.83. The third-order valence-corrected chi connectivity index (χ3v) is 3.06. The standard InChI is InChI=1S/C10H12N4OS/c1-8(14-7-11-6-13-14)5-12-10(15)9-3-2-4-16-9/h2-4,6-8H,5H2,1H3,(H,12,15)/t8-/m0/s1. The molecule has 0 bridgehead atoms. The third-order valence-electron chi connectivity index (χ3n) is 2.19. The average Bonchev–Trinajstić information content (AvgIpc) is 2.95. The molecule has 2 aromatic rings. The highest BCUT2D eigenvalue weighted by Crippen LogP contribution is 2.08. The van der Waals surface area contributed by atoms with Gasteiger partial charge in [-0.25, -0.2) is 9.67 Å². The van der Waals surface area contributed by atoms with Crippen LogP contribution >= 0.6 is 11.3 Å². The van der Waals surface area contributed by atoms with Gasteiger partial charge in [0.2, 0.25) is 0 Å². The number of carbonyl (C=O) groups excluding carboxylic acids is 1. The zero-order valence-corrected chi connectivity index (χ0v) is 9.65. The van der Waals surface area contributed by atoms with Gasteiger partial charge in [-0.1, -0.05) is 6.07 Å². The van der Waals surface area contributed by atoms with Crippen molar-refractivity contribution in [2.75, 3.05) is 6.54 Å². The number of nitrogens with zero attached hydrogens (tertiary/aromatic N) is 3. The van der Waals surface area contributed by atoms with E-state index in [1.54, 1.807) is 17.1 Å². The van der Waals surface area contributed by atoms with E-state index in [1.807, 2.05) is 18.4 Å². The van der Waals surface area contributed by atoms with Crippen molar-refractivity contribution in [3.8, 4) is 0 Å². The molecule has 1 atom stereocenters. The van der Waals surface area contributed by atoms with Crippen LogP contribution in [-0.2, 0) is 0 Å². The van der Waals surface area contributed by atoms with Crippen LogP contribution in [0.3, 0.4) is 0 Å². The Morgan fingerprint density at radius 2 is 2.56 bits per heavy atom. The van der Waals surface area contributed by atoms with Gasteiger partial charge in [0.25, 0.3) is 5.91 Å². The van der Waals surface area contributed by atoms with Gasteiger partial charge in [-0.2, -0.15) is 5.10 Å². The summed E-state index contributed by atoms with van der Waals surface area (Å²) in [6.45, 7) is 2.52. The average molecular weight is 236 g/mol. The van der Waals surface area contributed by atoms with Crippen molar-refractivity contribution in [2.24, 2.45) is 0 Å². The topological polar surface area (TPSA) is 59.8 Å². The van der Waals surface area contributed by atoms with Crippen LogP contribution in [0.5, 0.6) is 0 Å². The van der Waals surface area contributed by atoms with E-state index in [-0.39, 0.29) is 11.9 Å². The van der Waals surface area contributed by atoms with Crippen LogP contribution in [-0.4, -0.2) is 27.2 Å². The van der Waals surface area contributed by atoms with E-state index in [0.29, 0.717) is 6.54 Å². The zero-order chi connectivity index (χ0) is 11.4. The van der Waals surface area contributed by atoms with Crippen molar-refractivity contribution in [3.05, 3.63) is 35.0 Å². The summed E-state index contributed by atoms with van der Waals surface area (Å²) >= 11 is 1.43. The van der Waals surface area contributed by atoms with Crippen molar-refractivity contribution in [1.29, 1.82) is 0 Å². The van der Waals surface area contributed by atoms with Crippen LogP contribution in [0.1, 0.15) is 22.6 Å². The molecule has 0 aliphatic rings. The highest BCUT2D eigenvalue weighted by atomic mass is 32.1. The first-order chi connectivity index (χ1) is 7.77. The van der Waals surface area contributed by atoms with Crippen LogP contribution in [0.15, 0.2) is 30.2 Å². The summed E-state index contributed by atoms with van der Waals surface area (Å²) in [5, 5.41) is 8.75. The van der Waals surface area contributed by atoms with Crippen LogP contribution in [0.25, 0.3) is 0 Å². The van der Waals surface area contributed by atoms with Gasteiger partial charge in [-0.3, -0.25) is 4.79 Å². The molecule has 6 heteroatoms. The minimum absolute atomic E-state index is 0.0398. The van der Waals surface area contributed by atoms with E-state index in [0.717, 1.165) is 4.88 Å². The summed E-state index contributed by atoms with van der Waals surface area (Å²) in [5.74, 6) is -0.0398. The van der Waals surface area contributed by atoms with E-state index < -0.39 is 0 Å². The smallest absolute Gasteiger partial charge is 0.261 e. The first-order valence-electron chi connectivity index (χ1n) is 4.93. The Kier molecular flexibility index (Phi) is 3.31. The van der Waals surface area contributed by atoms with Gasteiger partial charge < -0.3 is 5.32 Å². The molecule has 0 fully saturated rings. The molecule has 0 unspecified atom stereocenters. The van der Waals surface area contributed by atoms with Gasteiger partial charge in [0, 0.05) is 6.54 Å². The van der Waals surface area contributed by atoms with Crippen LogP contribution < -0.4 is 5.32 Å². The van der Waals surface area contributed by atoms with Gasteiger partial charge in [0.1, 0.15) is 12.7 Å². The Morgan fingerprint density at radius 1 is 1.69 bits per heavy atom. The summed E-state index contributed by atoms with van der Waals surface area (Å²) in [4.78, 5) is 16.2. The van der Waals surface area contributed by atoms with Gasteiger partial charge in [-0.05, 0) is 18.4 Å². The molecule has 2 rings (SSSR count). The monoisotopic (exact) mass is 236 g/mol. The lowest BCUT2D eigenvalue weighted by Gasteiger charge is -2.11. The van der Waals surface area contributed by atoms with E-state index in [4.69, 9.17) is 0 Å². The molecule has 1 amide bonds. The van der Waals surface area contributed by atoms with E-state index in [9.17, 15) is 4.79 Å². The van der Waals surface area contributed by atoms with Crippen molar-refractivity contribution >= 4 is 17.2 Å². The quantitative estimate of drug-likeness (QED) is 0.871. The minimum atomic E-state index is -0.0398. The van der Waals surface area contributed by atoms with E-state index >= 15 is 0 Å². The van der Waals surface area contributed by atoms with Crippen molar-refractivity contribution in [1.82, 2.24) is 20.1 Å². The number of rotatable bonds is 4. The lowest BCUT2D eigenvalue weighted by Crippen LogP contribution is -2.29.